The average molecular weight is 390 g/mol. The molecule has 0 saturated heterocycles. The second kappa shape index (κ2) is 8.34. The lowest BCUT2D eigenvalue weighted by atomic mass is 9.97. The second-order valence-electron chi connectivity index (χ2n) is 6.09. The molecule has 0 saturated carbocycles. The van der Waals surface area contributed by atoms with E-state index in [1.54, 1.807) is 0 Å². The van der Waals surface area contributed by atoms with Crippen LogP contribution in [0.5, 0.6) is 5.75 Å². The van der Waals surface area contributed by atoms with E-state index in [0.29, 0.717) is 5.75 Å². The average Bonchev–Trinajstić information content (AvgIpc) is 2.54. The van der Waals surface area contributed by atoms with Gasteiger partial charge >= 0.3 is 0 Å². The fourth-order valence-corrected chi connectivity index (χ4v) is 2.95. The van der Waals surface area contributed by atoms with Gasteiger partial charge in [0.05, 0.1) is 6.04 Å². The first-order chi connectivity index (χ1) is 11.4. The van der Waals surface area contributed by atoms with Crippen molar-refractivity contribution < 1.29 is 9.53 Å². The lowest BCUT2D eigenvalue weighted by molar-refractivity contribution is -0.123. The van der Waals surface area contributed by atoms with Crippen molar-refractivity contribution in [3.63, 3.8) is 0 Å². The van der Waals surface area contributed by atoms with Gasteiger partial charge in [0.25, 0.3) is 5.91 Å². The number of ether oxygens (including phenoxy) is 1. The Morgan fingerprint density at radius 1 is 1.12 bits per heavy atom. The molecule has 0 aliphatic heterocycles. The highest BCUT2D eigenvalue weighted by atomic mass is 79.9. The zero-order valence-corrected chi connectivity index (χ0v) is 16.2. The molecular formula is C20H24BrNO2. The molecule has 0 spiro atoms. The van der Waals surface area contributed by atoms with E-state index >= 15 is 0 Å². The predicted molar refractivity (Wildman–Crippen MR) is 101 cm³/mol. The van der Waals surface area contributed by atoms with Crippen LogP contribution in [0.3, 0.4) is 0 Å². The molecule has 2 aromatic rings. The van der Waals surface area contributed by atoms with Gasteiger partial charge in [0, 0.05) is 4.47 Å². The molecule has 1 amide bonds. The molecule has 0 unspecified atom stereocenters. The first kappa shape index (κ1) is 18.5. The van der Waals surface area contributed by atoms with Gasteiger partial charge in [-0.25, -0.2) is 0 Å². The summed E-state index contributed by atoms with van der Waals surface area (Å²) in [6.45, 7) is 8.23. The number of aryl methyl sites for hydroxylation is 3. The molecule has 24 heavy (non-hydrogen) atoms. The molecule has 0 radical (unpaired) electrons. The molecule has 0 fully saturated rings. The minimum absolute atomic E-state index is 0.00774. The van der Waals surface area contributed by atoms with Crippen molar-refractivity contribution in [3.8, 4) is 5.75 Å². The summed E-state index contributed by atoms with van der Waals surface area (Å²) in [7, 11) is 0. The Labute approximate surface area is 152 Å². The number of hydrogen-bond acceptors (Lipinski definition) is 2. The fourth-order valence-electron chi connectivity index (χ4n) is 2.71. The molecule has 3 nitrogen and oxygen atoms in total. The Kier molecular flexibility index (Phi) is 6.44. The first-order valence-electron chi connectivity index (χ1n) is 8.16. The van der Waals surface area contributed by atoms with E-state index in [1.807, 2.05) is 25.1 Å². The molecule has 2 aromatic carbocycles. The van der Waals surface area contributed by atoms with Crippen molar-refractivity contribution in [3.05, 3.63) is 63.1 Å². The number of hydrogen-bond donors (Lipinski definition) is 1. The quantitative estimate of drug-likeness (QED) is 0.752. The Balaban J connectivity index is 1.97. The normalized spacial score (nSPS) is 11.9. The van der Waals surface area contributed by atoms with Crippen LogP contribution in [-0.2, 0) is 4.79 Å². The number of benzene rings is 2. The van der Waals surface area contributed by atoms with Gasteiger partial charge in [-0.15, -0.1) is 0 Å². The molecule has 4 heteroatoms. The summed E-state index contributed by atoms with van der Waals surface area (Å²) in [5.74, 6) is 0.591. The standard InChI is InChI=1S/C20H24BrNO2/c1-5-19(17-8-6-13(2)10-14(17)3)22-20(23)12-24-16-7-9-18(21)15(4)11-16/h6-11,19H,5,12H2,1-4H3,(H,22,23)/t19-/m1/s1. The molecule has 0 heterocycles. The zero-order valence-electron chi connectivity index (χ0n) is 14.7. The maximum Gasteiger partial charge on any atom is 0.258 e. The van der Waals surface area contributed by atoms with Crippen molar-refractivity contribution in [2.24, 2.45) is 0 Å². The Morgan fingerprint density at radius 2 is 1.88 bits per heavy atom. The monoisotopic (exact) mass is 389 g/mol. The van der Waals surface area contributed by atoms with Crippen molar-refractivity contribution in [2.45, 2.75) is 40.2 Å². The highest BCUT2D eigenvalue weighted by molar-refractivity contribution is 9.10. The summed E-state index contributed by atoms with van der Waals surface area (Å²) in [6, 6.07) is 12.0. The van der Waals surface area contributed by atoms with E-state index < -0.39 is 0 Å². The van der Waals surface area contributed by atoms with E-state index in [-0.39, 0.29) is 18.6 Å². The molecule has 2 rings (SSSR count). The lowest BCUT2D eigenvalue weighted by Crippen LogP contribution is -2.32. The van der Waals surface area contributed by atoms with Crippen molar-refractivity contribution in [1.82, 2.24) is 5.32 Å². The van der Waals surface area contributed by atoms with Crippen molar-refractivity contribution in [1.29, 1.82) is 0 Å². The van der Waals surface area contributed by atoms with E-state index in [1.165, 1.54) is 11.1 Å². The first-order valence-corrected chi connectivity index (χ1v) is 8.95. The highest BCUT2D eigenvalue weighted by Crippen LogP contribution is 2.23. The van der Waals surface area contributed by atoms with Gasteiger partial charge in [-0.2, -0.15) is 0 Å². The molecule has 0 aromatic heterocycles. The SMILES string of the molecule is CC[C@@H](NC(=O)COc1ccc(Br)c(C)c1)c1ccc(C)cc1C. The van der Waals surface area contributed by atoms with Gasteiger partial charge in [-0.3, -0.25) is 4.79 Å². The van der Waals surface area contributed by atoms with E-state index in [4.69, 9.17) is 4.74 Å². The minimum Gasteiger partial charge on any atom is -0.484 e. The molecule has 1 atom stereocenters. The summed E-state index contributed by atoms with van der Waals surface area (Å²) in [4.78, 5) is 12.2. The Morgan fingerprint density at radius 3 is 2.50 bits per heavy atom. The number of carbonyl (C=O) groups is 1. The summed E-state index contributed by atoms with van der Waals surface area (Å²) < 4.78 is 6.63. The lowest BCUT2D eigenvalue weighted by Gasteiger charge is -2.20. The summed E-state index contributed by atoms with van der Waals surface area (Å²) >= 11 is 3.45. The second-order valence-corrected chi connectivity index (χ2v) is 6.94. The number of rotatable bonds is 6. The fraction of sp³-hybridized carbons (Fsp3) is 0.350. The summed E-state index contributed by atoms with van der Waals surface area (Å²) in [6.07, 6.45) is 0.840. The Hall–Kier alpha value is -1.81. The van der Waals surface area contributed by atoms with Crippen molar-refractivity contribution >= 4 is 21.8 Å². The van der Waals surface area contributed by atoms with E-state index in [9.17, 15) is 4.79 Å². The third kappa shape index (κ3) is 4.84. The predicted octanol–water partition coefficient (Wildman–Crippen LogP) is 5.02. The van der Waals surface area contributed by atoms with E-state index in [0.717, 1.165) is 22.0 Å². The van der Waals surface area contributed by atoms with Crippen LogP contribution in [0, 0.1) is 20.8 Å². The molecular weight excluding hydrogens is 366 g/mol. The highest BCUT2D eigenvalue weighted by Gasteiger charge is 2.15. The minimum atomic E-state index is -0.109. The third-order valence-electron chi connectivity index (χ3n) is 4.04. The van der Waals surface area contributed by atoms with Gasteiger partial charge in [-0.05, 0) is 62.1 Å². The molecule has 1 N–H and O–H groups in total. The van der Waals surface area contributed by atoms with Crippen LogP contribution in [0.25, 0.3) is 0 Å². The van der Waals surface area contributed by atoms with Crippen LogP contribution in [0.2, 0.25) is 0 Å². The number of halogens is 1. The van der Waals surface area contributed by atoms with Gasteiger partial charge in [0.2, 0.25) is 0 Å². The number of carbonyl (C=O) groups excluding carboxylic acids is 1. The molecule has 128 valence electrons. The van der Waals surface area contributed by atoms with Gasteiger partial charge in [0.1, 0.15) is 5.75 Å². The van der Waals surface area contributed by atoms with Crippen LogP contribution in [0.15, 0.2) is 40.9 Å². The largest absolute Gasteiger partial charge is 0.484 e. The third-order valence-corrected chi connectivity index (χ3v) is 4.93. The summed E-state index contributed by atoms with van der Waals surface area (Å²) in [5, 5.41) is 3.07. The van der Waals surface area contributed by atoms with Gasteiger partial charge < -0.3 is 10.1 Å². The van der Waals surface area contributed by atoms with Gasteiger partial charge in [-0.1, -0.05) is 46.6 Å². The molecule has 0 aliphatic carbocycles. The van der Waals surface area contributed by atoms with E-state index in [2.05, 4.69) is 60.2 Å². The molecule has 0 aliphatic rings. The van der Waals surface area contributed by atoms with Crippen LogP contribution >= 0.6 is 15.9 Å². The van der Waals surface area contributed by atoms with Crippen LogP contribution in [0.4, 0.5) is 0 Å². The van der Waals surface area contributed by atoms with Crippen LogP contribution in [-0.4, -0.2) is 12.5 Å². The maximum absolute atomic E-state index is 12.2. The topological polar surface area (TPSA) is 38.3 Å². The van der Waals surface area contributed by atoms with Crippen molar-refractivity contribution in [2.75, 3.05) is 6.61 Å². The van der Waals surface area contributed by atoms with Crippen LogP contribution < -0.4 is 10.1 Å². The number of nitrogens with one attached hydrogen (secondary N) is 1. The number of amides is 1. The van der Waals surface area contributed by atoms with Crippen LogP contribution in [0.1, 0.15) is 41.6 Å². The summed E-state index contributed by atoms with van der Waals surface area (Å²) in [5.41, 5.74) is 4.67. The molecule has 0 bridgehead atoms. The van der Waals surface area contributed by atoms with Gasteiger partial charge in [0.15, 0.2) is 6.61 Å². The zero-order chi connectivity index (χ0) is 17.7. The Bertz CT molecular complexity index is 728. The smallest absolute Gasteiger partial charge is 0.258 e. The maximum atomic E-state index is 12.2.